The second-order valence-electron chi connectivity index (χ2n) is 4.29. The van der Waals surface area contributed by atoms with E-state index in [0.29, 0.717) is 6.54 Å². The Labute approximate surface area is 104 Å². The molecule has 5 nitrogen and oxygen atoms in total. The van der Waals surface area contributed by atoms with Crippen molar-refractivity contribution >= 4 is 16.6 Å². The van der Waals surface area contributed by atoms with Gasteiger partial charge in [-0.3, -0.25) is 5.10 Å². The van der Waals surface area contributed by atoms with Gasteiger partial charge in [-0.15, -0.1) is 0 Å². The maximum Gasteiger partial charge on any atom is 0.138 e. The smallest absolute Gasteiger partial charge is 0.138 e. The lowest BCUT2D eigenvalue weighted by molar-refractivity contribution is 0.392. The summed E-state index contributed by atoms with van der Waals surface area (Å²) in [4.78, 5) is 0. The molecule has 2 aromatic heterocycles. The van der Waals surface area contributed by atoms with Crippen molar-refractivity contribution in [1.82, 2.24) is 15.4 Å². The van der Waals surface area contributed by atoms with Crippen LogP contribution in [0.15, 0.2) is 28.9 Å². The Morgan fingerprint density at radius 2 is 2.22 bits per heavy atom. The van der Waals surface area contributed by atoms with Gasteiger partial charge in [0.05, 0.1) is 17.4 Å². The topological polar surface area (TPSA) is 66.7 Å². The van der Waals surface area contributed by atoms with E-state index in [9.17, 15) is 0 Å². The van der Waals surface area contributed by atoms with E-state index in [-0.39, 0.29) is 0 Å². The van der Waals surface area contributed by atoms with Gasteiger partial charge in [-0.2, -0.15) is 5.10 Å². The first-order valence-corrected chi connectivity index (χ1v) is 5.83. The van der Waals surface area contributed by atoms with Crippen LogP contribution in [0.2, 0.25) is 0 Å². The highest BCUT2D eigenvalue weighted by atomic mass is 16.5. The number of benzene rings is 1. The number of H-pyrrole nitrogens is 1. The van der Waals surface area contributed by atoms with E-state index in [1.54, 1.807) is 0 Å². The summed E-state index contributed by atoms with van der Waals surface area (Å²) in [6, 6.07) is 6.04. The molecule has 92 valence electrons. The summed E-state index contributed by atoms with van der Waals surface area (Å²) in [5.74, 6) is 0.861. The Balaban J connectivity index is 1.87. The fraction of sp³-hybridized carbons (Fsp3) is 0.231. The molecule has 0 spiro atoms. The first kappa shape index (κ1) is 10.8. The Morgan fingerprint density at radius 1 is 1.33 bits per heavy atom. The van der Waals surface area contributed by atoms with Gasteiger partial charge in [0, 0.05) is 23.2 Å². The summed E-state index contributed by atoms with van der Waals surface area (Å²) in [5, 5.41) is 15.4. The number of aromatic nitrogens is 3. The molecule has 3 aromatic rings. The number of aryl methyl sites for hydroxylation is 2. The van der Waals surface area contributed by atoms with Crippen molar-refractivity contribution in [2.24, 2.45) is 0 Å². The minimum Gasteiger partial charge on any atom is -0.380 e. The maximum absolute atomic E-state index is 5.15. The van der Waals surface area contributed by atoms with Crippen LogP contribution >= 0.6 is 0 Å². The minimum absolute atomic E-state index is 0.700. The predicted octanol–water partition coefficient (Wildman–Crippen LogP) is 2.78. The average molecular weight is 242 g/mol. The van der Waals surface area contributed by atoms with Crippen molar-refractivity contribution in [3.63, 3.8) is 0 Å². The van der Waals surface area contributed by atoms with Crippen LogP contribution in [0.3, 0.4) is 0 Å². The van der Waals surface area contributed by atoms with Crippen LogP contribution in [0.1, 0.15) is 17.0 Å². The monoisotopic (exact) mass is 242 g/mol. The van der Waals surface area contributed by atoms with Crippen molar-refractivity contribution < 1.29 is 4.52 Å². The van der Waals surface area contributed by atoms with E-state index >= 15 is 0 Å². The molecule has 0 bridgehead atoms. The van der Waals surface area contributed by atoms with Crippen molar-refractivity contribution in [2.45, 2.75) is 20.4 Å². The lowest BCUT2D eigenvalue weighted by Gasteiger charge is -2.06. The van der Waals surface area contributed by atoms with E-state index in [1.807, 2.05) is 38.2 Å². The summed E-state index contributed by atoms with van der Waals surface area (Å²) in [6.07, 6.45) is 1.82. The molecule has 0 atom stereocenters. The lowest BCUT2D eigenvalue weighted by Crippen LogP contribution is -2.01. The van der Waals surface area contributed by atoms with E-state index in [4.69, 9.17) is 4.52 Å². The molecule has 2 heterocycles. The number of anilines is 1. The minimum atomic E-state index is 0.700. The Kier molecular flexibility index (Phi) is 2.51. The average Bonchev–Trinajstić information content (AvgIpc) is 2.95. The van der Waals surface area contributed by atoms with Gasteiger partial charge in [-0.25, -0.2) is 0 Å². The third kappa shape index (κ3) is 1.73. The van der Waals surface area contributed by atoms with Gasteiger partial charge < -0.3 is 9.84 Å². The lowest BCUT2D eigenvalue weighted by atomic mass is 10.2. The number of fused-ring (bicyclic) bond motifs is 1. The standard InChI is InChI=1S/C13H14N4O/c1-8-10(9(2)18-17-8)6-14-12-4-3-5-13-11(12)7-15-16-13/h3-5,7,14H,6H2,1-2H3,(H,15,16). The first-order valence-electron chi connectivity index (χ1n) is 5.83. The highest BCUT2D eigenvalue weighted by molar-refractivity contribution is 5.90. The normalized spacial score (nSPS) is 11.0. The van der Waals surface area contributed by atoms with Gasteiger partial charge in [0.2, 0.25) is 0 Å². The molecule has 1 aromatic carbocycles. The molecular weight excluding hydrogens is 228 g/mol. The molecule has 0 saturated heterocycles. The predicted molar refractivity (Wildman–Crippen MR) is 69.4 cm³/mol. The maximum atomic E-state index is 5.15. The zero-order valence-corrected chi connectivity index (χ0v) is 10.3. The zero-order chi connectivity index (χ0) is 12.5. The van der Waals surface area contributed by atoms with Crippen LogP contribution in [0, 0.1) is 13.8 Å². The molecule has 2 N–H and O–H groups in total. The van der Waals surface area contributed by atoms with E-state index in [1.165, 1.54) is 0 Å². The Hall–Kier alpha value is -2.30. The van der Waals surface area contributed by atoms with Crippen molar-refractivity contribution in [3.8, 4) is 0 Å². The summed E-state index contributed by atoms with van der Waals surface area (Å²) in [6.45, 7) is 4.58. The van der Waals surface area contributed by atoms with Crippen molar-refractivity contribution in [3.05, 3.63) is 41.4 Å². The van der Waals surface area contributed by atoms with Crippen LogP contribution in [0.4, 0.5) is 5.69 Å². The number of hydrogen-bond donors (Lipinski definition) is 2. The highest BCUT2D eigenvalue weighted by Gasteiger charge is 2.09. The summed E-state index contributed by atoms with van der Waals surface area (Å²) in [5.41, 5.74) is 4.12. The molecular formula is C13H14N4O. The number of hydrogen-bond acceptors (Lipinski definition) is 4. The molecule has 0 aliphatic rings. The van der Waals surface area contributed by atoms with Crippen LogP contribution in [0.25, 0.3) is 10.9 Å². The van der Waals surface area contributed by atoms with Gasteiger partial charge in [0.1, 0.15) is 5.76 Å². The SMILES string of the molecule is Cc1noc(C)c1CNc1cccc2[nH]ncc12. The molecule has 0 fully saturated rings. The fourth-order valence-corrected chi connectivity index (χ4v) is 2.06. The molecule has 5 heteroatoms. The summed E-state index contributed by atoms with van der Waals surface area (Å²) in [7, 11) is 0. The molecule has 0 aliphatic heterocycles. The molecule has 3 rings (SSSR count). The molecule has 0 amide bonds. The number of aromatic amines is 1. The van der Waals surface area contributed by atoms with Gasteiger partial charge in [-0.05, 0) is 26.0 Å². The fourth-order valence-electron chi connectivity index (χ4n) is 2.06. The van der Waals surface area contributed by atoms with Crippen molar-refractivity contribution in [2.75, 3.05) is 5.32 Å². The van der Waals surface area contributed by atoms with E-state index < -0.39 is 0 Å². The molecule has 18 heavy (non-hydrogen) atoms. The van der Waals surface area contributed by atoms with Gasteiger partial charge in [-0.1, -0.05) is 11.2 Å². The van der Waals surface area contributed by atoms with E-state index in [2.05, 4.69) is 20.7 Å². The zero-order valence-electron chi connectivity index (χ0n) is 10.3. The molecule has 0 radical (unpaired) electrons. The van der Waals surface area contributed by atoms with E-state index in [0.717, 1.165) is 33.6 Å². The van der Waals surface area contributed by atoms with Gasteiger partial charge in [0.25, 0.3) is 0 Å². The number of nitrogens with one attached hydrogen (secondary N) is 2. The van der Waals surface area contributed by atoms with Crippen LogP contribution in [0.5, 0.6) is 0 Å². The largest absolute Gasteiger partial charge is 0.380 e. The second kappa shape index (κ2) is 4.18. The van der Waals surface area contributed by atoms with Gasteiger partial charge >= 0.3 is 0 Å². The van der Waals surface area contributed by atoms with Crippen LogP contribution < -0.4 is 5.32 Å². The summed E-state index contributed by atoms with van der Waals surface area (Å²) >= 11 is 0. The van der Waals surface area contributed by atoms with Gasteiger partial charge in [0.15, 0.2) is 0 Å². The Bertz CT molecular complexity index is 664. The first-order chi connectivity index (χ1) is 8.75. The Morgan fingerprint density at radius 3 is 3.00 bits per heavy atom. The van der Waals surface area contributed by atoms with Crippen LogP contribution in [-0.2, 0) is 6.54 Å². The third-order valence-electron chi connectivity index (χ3n) is 3.12. The molecule has 0 saturated carbocycles. The molecule has 0 aliphatic carbocycles. The van der Waals surface area contributed by atoms with Crippen LogP contribution in [-0.4, -0.2) is 15.4 Å². The highest BCUT2D eigenvalue weighted by Crippen LogP contribution is 2.22. The molecule has 0 unspecified atom stereocenters. The van der Waals surface area contributed by atoms with Crippen molar-refractivity contribution in [1.29, 1.82) is 0 Å². The number of nitrogens with zero attached hydrogens (tertiary/aromatic N) is 2. The number of rotatable bonds is 3. The quantitative estimate of drug-likeness (QED) is 0.741. The third-order valence-corrected chi connectivity index (χ3v) is 3.12. The summed E-state index contributed by atoms with van der Waals surface area (Å²) < 4.78 is 5.15. The second-order valence-corrected chi connectivity index (χ2v) is 4.29.